The zero-order valence-electron chi connectivity index (χ0n) is 15.9. The Morgan fingerprint density at radius 1 is 1.27 bits per heavy atom. The van der Waals surface area contributed by atoms with Crippen molar-refractivity contribution >= 4 is 39.4 Å². The smallest absolute Gasteiger partial charge is 0.221 e. The van der Waals surface area contributed by atoms with E-state index in [0.717, 1.165) is 22.0 Å². The monoisotopic (exact) mass is 396 g/mol. The number of rotatable bonds is 7. The molecule has 0 bridgehead atoms. The van der Waals surface area contributed by atoms with Gasteiger partial charge < -0.3 is 14.0 Å². The van der Waals surface area contributed by atoms with Crippen LogP contribution in [0, 0.1) is 0 Å². The number of aromatic nitrogens is 1. The molecule has 0 aliphatic rings. The van der Waals surface area contributed by atoms with Crippen molar-refractivity contribution in [2.24, 2.45) is 0 Å². The predicted molar refractivity (Wildman–Crippen MR) is 109 cm³/mol. The average molecular weight is 397 g/mol. The summed E-state index contributed by atoms with van der Waals surface area (Å²) in [6.07, 6.45) is 1.74. The minimum Gasteiger partial charge on any atom is -0.593 e. The molecule has 1 unspecified atom stereocenters. The van der Waals surface area contributed by atoms with Gasteiger partial charge in [0.15, 0.2) is 0 Å². The van der Waals surface area contributed by atoms with Gasteiger partial charge in [-0.2, -0.15) is 0 Å². The molecular weight excluding hydrogens is 372 g/mol. The highest BCUT2D eigenvalue weighted by Gasteiger charge is 2.14. The quantitative estimate of drug-likeness (QED) is 0.686. The van der Waals surface area contributed by atoms with Crippen LogP contribution < -0.4 is 14.2 Å². The fraction of sp³-hybridized carbons (Fsp3) is 0.421. The zero-order chi connectivity index (χ0) is 19.4. The summed E-state index contributed by atoms with van der Waals surface area (Å²) in [5.74, 6) is 1.08. The van der Waals surface area contributed by atoms with Crippen molar-refractivity contribution in [3.63, 3.8) is 0 Å². The first-order chi connectivity index (χ1) is 12.2. The third-order valence-corrected chi connectivity index (χ3v) is 5.14. The van der Waals surface area contributed by atoms with Crippen LogP contribution in [-0.2, 0) is 11.4 Å². The maximum absolute atomic E-state index is 11.9. The second-order valence-corrected chi connectivity index (χ2v) is 8.66. The van der Waals surface area contributed by atoms with Crippen molar-refractivity contribution in [1.29, 1.82) is 0 Å². The van der Waals surface area contributed by atoms with E-state index in [1.165, 1.54) is 0 Å². The van der Waals surface area contributed by atoms with Crippen molar-refractivity contribution < 1.29 is 14.0 Å². The van der Waals surface area contributed by atoms with Crippen LogP contribution in [-0.4, -0.2) is 28.0 Å². The molecule has 1 aromatic heterocycles. The number of allylic oxidation sites excluding steroid dienone is 1. The molecule has 1 N–H and O–H groups in total. The largest absolute Gasteiger partial charge is 0.593 e. The minimum atomic E-state index is -1.14. The highest BCUT2D eigenvalue weighted by Crippen LogP contribution is 2.34. The Morgan fingerprint density at radius 3 is 2.54 bits per heavy atom. The molecule has 142 valence electrons. The Morgan fingerprint density at radius 2 is 1.96 bits per heavy atom. The molecule has 0 saturated heterocycles. The van der Waals surface area contributed by atoms with Gasteiger partial charge >= 0.3 is 0 Å². The SMILES string of the molecule is COc1nc2cc(OC(C)C)c(Cl)cc2cc1/C(C)=C/N[S+]([O-])C(C)C. The Kier molecular flexibility index (Phi) is 7.03. The summed E-state index contributed by atoms with van der Waals surface area (Å²) in [5, 5.41) is 1.43. The van der Waals surface area contributed by atoms with Gasteiger partial charge in [-0.05, 0) is 52.3 Å². The van der Waals surface area contributed by atoms with Crippen molar-refractivity contribution in [3.8, 4) is 11.6 Å². The Bertz CT molecular complexity index is 809. The molecule has 2 rings (SSSR count). The third kappa shape index (κ3) is 4.96. The Hall–Kier alpha value is -1.63. The van der Waals surface area contributed by atoms with Gasteiger partial charge in [-0.15, -0.1) is 0 Å². The van der Waals surface area contributed by atoms with Gasteiger partial charge in [0.1, 0.15) is 11.0 Å². The van der Waals surface area contributed by atoms with Crippen LogP contribution in [0.15, 0.2) is 24.4 Å². The van der Waals surface area contributed by atoms with E-state index < -0.39 is 11.4 Å². The molecule has 0 spiro atoms. The molecule has 0 aliphatic carbocycles. The summed E-state index contributed by atoms with van der Waals surface area (Å²) in [7, 11) is 1.58. The van der Waals surface area contributed by atoms with Crippen LogP contribution >= 0.6 is 11.6 Å². The second-order valence-electron chi connectivity index (χ2n) is 6.48. The highest BCUT2D eigenvalue weighted by molar-refractivity contribution is 7.90. The van der Waals surface area contributed by atoms with Crippen LogP contribution in [0.2, 0.25) is 5.02 Å². The van der Waals surface area contributed by atoms with Crippen LogP contribution in [0.1, 0.15) is 40.2 Å². The number of halogens is 1. The molecule has 0 fully saturated rings. The van der Waals surface area contributed by atoms with Gasteiger partial charge in [0.2, 0.25) is 5.88 Å². The standard InChI is InChI=1S/C19H25ClN2O3S/c1-11(2)25-18-9-17-14(8-16(18)20)7-15(19(22-17)24-6)13(5)10-21-26(23)12(3)4/h7-12,21H,1-6H3/b13-10+. The van der Waals surface area contributed by atoms with Gasteiger partial charge in [-0.25, -0.2) is 9.71 Å². The predicted octanol–water partition coefficient (Wildman–Crippen LogP) is 4.71. The lowest BCUT2D eigenvalue weighted by Gasteiger charge is -2.15. The number of nitrogens with one attached hydrogen (secondary N) is 1. The first-order valence-corrected chi connectivity index (χ1v) is 10.0. The molecule has 1 atom stereocenters. The lowest BCUT2D eigenvalue weighted by atomic mass is 10.1. The average Bonchev–Trinajstić information content (AvgIpc) is 2.58. The van der Waals surface area contributed by atoms with Gasteiger partial charge in [0.25, 0.3) is 0 Å². The van der Waals surface area contributed by atoms with Gasteiger partial charge in [0, 0.05) is 23.2 Å². The first kappa shape index (κ1) is 20.7. The van der Waals surface area contributed by atoms with Crippen LogP contribution in [0.5, 0.6) is 11.6 Å². The summed E-state index contributed by atoms with van der Waals surface area (Å²) < 4.78 is 26.0. The van der Waals surface area contributed by atoms with Crippen molar-refractivity contribution in [1.82, 2.24) is 9.71 Å². The number of ether oxygens (including phenoxy) is 2. The molecule has 0 aliphatic heterocycles. The normalized spacial score (nSPS) is 13.4. The fourth-order valence-corrected chi connectivity index (χ4v) is 3.08. The first-order valence-electron chi connectivity index (χ1n) is 8.41. The van der Waals surface area contributed by atoms with Gasteiger partial charge in [-0.3, -0.25) is 0 Å². The van der Waals surface area contributed by atoms with E-state index in [2.05, 4.69) is 9.71 Å². The summed E-state index contributed by atoms with van der Waals surface area (Å²) >= 11 is 5.20. The molecular formula is C19H25ClN2O3S. The van der Waals surface area contributed by atoms with Crippen molar-refractivity contribution in [3.05, 3.63) is 35.0 Å². The number of hydrogen-bond acceptors (Lipinski definition) is 5. The minimum absolute atomic E-state index is 0.0178. The Labute approximate surface area is 163 Å². The van der Waals surface area contributed by atoms with Crippen LogP contribution in [0.25, 0.3) is 16.5 Å². The van der Waals surface area contributed by atoms with E-state index in [1.807, 2.05) is 52.8 Å². The van der Waals surface area contributed by atoms with Crippen LogP contribution in [0.4, 0.5) is 0 Å². The van der Waals surface area contributed by atoms with E-state index in [4.69, 9.17) is 21.1 Å². The number of nitrogens with zero attached hydrogens (tertiary/aromatic N) is 1. The van der Waals surface area contributed by atoms with Gasteiger partial charge in [-0.1, -0.05) is 11.6 Å². The molecule has 7 heteroatoms. The highest BCUT2D eigenvalue weighted by atomic mass is 35.5. The lowest BCUT2D eigenvalue weighted by Crippen LogP contribution is -2.26. The van der Waals surface area contributed by atoms with E-state index in [-0.39, 0.29) is 11.4 Å². The molecule has 2 aromatic rings. The number of fused-ring (bicyclic) bond motifs is 1. The number of pyridine rings is 1. The topological polar surface area (TPSA) is 66.4 Å². The molecule has 1 heterocycles. The molecule has 5 nitrogen and oxygen atoms in total. The molecule has 0 amide bonds. The summed E-state index contributed by atoms with van der Waals surface area (Å²) in [4.78, 5) is 4.58. The van der Waals surface area contributed by atoms with Gasteiger partial charge in [0.05, 0.1) is 35.1 Å². The van der Waals surface area contributed by atoms with E-state index in [9.17, 15) is 4.55 Å². The van der Waals surface area contributed by atoms with Crippen molar-refractivity contribution in [2.45, 2.75) is 46.0 Å². The Balaban J connectivity index is 2.46. The fourth-order valence-electron chi connectivity index (χ4n) is 2.30. The maximum atomic E-state index is 11.9. The lowest BCUT2D eigenvalue weighted by molar-refractivity contribution is 0.243. The van der Waals surface area contributed by atoms with Crippen molar-refractivity contribution in [2.75, 3.05) is 7.11 Å². The maximum Gasteiger partial charge on any atom is 0.221 e. The number of methoxy groups -OCH3 is 1. The summed E-state index contributed by atoms with van der Waals surface area (Å²) in [5.41, 5.74) is 2.41. The molecule has 0 saturated carbocycles. The van der Waals surface area contributed by atoms with Crippen LogP contribution in [0.3, 0.4) is 0 Å². The molecule has 1 aromatic carbocycles. The third-order valence-electron chi connectivity index (χ3n) is 3.63. The second kappa shape index (κ2) is 8.84. The number of benzene rings is 1. The van der Waals surface area contributed by atoms with E-state index in [0.29, 0.717) is 16.7 Å². The van der Waals surface area contributed by atoms with E-state index >= 15 is 0 Å². The molecule has 0 radical (unpaired) electrons. The zero-order valence-corrected chi connectivity index (χ0v) is 17.5. The summed E-state index contributed by atoms with van der Waals surface area (Å²) in [6.45, 7) is 9.58. The number of hydrogen-bond donors (Lipinski definition) is 1. The molecule has 26 heavy (non-hydrogen) atoms. The summed E-state index contributed by atoms with van der Waals surface area (Å²) in [6, 6.07) is 5.60. The van der Waals surface area contributed by atoms with E-state index in [1.54, 1.807) is 13.3 Å².